The number of fused-ring (bicyclic) bond motifs is 1. The summed E-state index contributed by atoms with van der Waals surface area (Å²) in [6, 6.07) is 16.2. The molecule has 3 aromatic rings. The lowest BCUT2D eigenvalue weighted by molar-refractivity contribution is -0.136. The third kappa shape index (κ3) is 3.00. The Morgan fingerprint density at radius 2 is 1.91 bits per heavy atom. The van der Waals surface area contributed by atoms with Crippen LogP contribution < -0.4 is 0 Å². The second-order valence-electron chi connectivity index (χ2n) is 6.03. The number of aliphatic carboxylic acids is 1. The number of aromatic amines is 1. The smallest absolute Gasteiger partial charge is 0.307 e. The Labute approximate surface area is 136 Å². The van der Waals surface area contributed by atoms with E-state index in [4.69, 9.17) is 0 Å². The molecule has 1 heterocycles. The van der Waals surface area contributed by atoms with E-state index in [9.17, 15) is 9.90 Å². The first-order valence-electron chi connectivity index (χ1n) is 8.01. The van der Waals surface area contributed by atoms with Gasteiger partial charge < -0.3 is 10.1 Å². The summed E-state index contributed by atoms with van der Waals surface area (Å²) in [5.41, 5.74) is 5.04. The van der Waals surface area contributed by atoms with E-state index < -0.39 is 5.97 Å². The van der Waals surface area contributed by atoms with Crippen LogP contribution in [0.5, 0.6) is 0 Å². The summed E-state index contributed by atoms with van der Waals surface area (Å²) in [5.74, 6) is -0.343. The first kappa shape index (κ1) is 15.3. The Morgan fingerprint density at radius 1 is 1.17 bits per heavy atom. The van der Waals surface area contributed by atoms with Gasteiger partial charge in [-0.1, -0.05) is 50.2 Å². The van der Waals surface area contributed by atoms with Crippen LogP contribution in [-0.4, -0.2) is 16.1 Å². The van der Waals surface area contributed by atoms with E-state index in [2.05, 4.69) is 37.0 Å². The molecule has 0 aliphatic heterocycles. The van der Waals surface area contributed by atoms with Crippen molar-refractivity contribution in [2.45, 2.75) is 32.6 Å². The molecule has 3 rings (SSSR count). The monoisotopic (exact) mass is 307 g/mol. The van der Waals surface area contributed by atoms with E-state index in [-0.39, 0.29) is 6.42 Å². The van der Waals surface area contributed by atoms with Gasteiger partial charge in [-0.2, -0.15) is 0 Å². The highest BCUT2D eigenvalue weighted by Crippen LogP contribution is 2.33. The molecule has 0 saturated heterocycles. The van der Waals surface area contributed by atoms with Crippen molar-refractivity contribution in [3.05, 3.63) is 59.7 Å². The van der Waals surface area contributed by atoms with Crippen molar-refractivity contribution in [3.8, 4) is 11.3 Å². The fourth-order valence-corrected chi connectivity index (χ4v) is 2.99. The number of nitrogens with one attached hydrogen (secondary N) is 1. The lowest BCUT2D eigenvalue weighted by Crippen LogP contribution is -2.01. The molecule has 0 aliphatic rings. The summed E-state index contributed by atoms with van der Waals surface area (Å²) in [6.45, 7) is 4.36. The molecule has 3 heteroatoms. The van der Waals surface area contributed by atoms with Gasteiger partial charge in [0, 0.05) is 10.9 Å². The normalized spacial score (nSPS) is 12.4. The summed E-state index contributed by atoms with van der Waals surface area (Å²) < 4.78 is 0. The van der Waals surface area contributed by atoms with Crippen LogP contribution in [0.2, 0.25) is 0 Å². The van der Waals surface area contributed by atoms with E-state index in [0.717, 1.165) is 34.1 Å². The zero-order valence-electron chi connectivity index (χ0n) is 13.5. The first-order valence-corrected chi connectivity index (χ1v) is 8.01. The zero-order valence-corrected chi connectivity index (χ0v) is 13.5. The summed E-state index contributed by atoms with van der Waals surface area (Å²) >= 11 is 0. The van der Waals surface area contributed by atoms with E-state index in [1.807, 2.05) is 30.3 Å². The third-order valence-electron chi connectivity index (χ3n) is 4.50. The Morgan fingerprint density at radius 3 is 2.57 bits per heavy atom. The average Bonchev–Trinajstić information content (AvgIpc) is 2.92. The number of carbonyl (C=O) groups is 1. The molecule has 23 heavy (non-hydrogen) atoms. The molecule has 0 spiro atoms. The predicted octanol–water partition coefficient (Wildman–Crippen LogP) is 4.98. The maximum Gasteiger partial charge on any atom is 0.307 e. The van der Waals surface area contributed by atoms with Crippen LogP contribution in [0.1, 0.15) is 37.3 Å². The average molecular weight is 307 g/mol. The Kier molecular flexibility index (Phi) is 4.20. The zero-order chi connectivity index (χ0) is 16.4. The number of benzene rings is 2. The van der Waals surface area contributed by atoms with Crippen LogP contribution in [0.15, 0.2) is 48.5 Å². The van der Waals surface area contributed by atoms with E-state index in [1.54, 1.807) is 0 Å². The molecule has 3 nitrogen and oxygen atoms in total. The second kappa shape index (κ2) is 6.29. The van der Waals surface area contributed by atoms with Gasteiger partial charge in [0.2, 0.25) is 0 Å². The van der Waals surface area contributed by atoms with Crippen LogP contribution in [0.4, 0.5) is 0 Å². The number of rotatable bonds is 5. The molecule has 2 N–H and O–H groups in total. The minimum absolute atomic E-state index is 0.0220. The fraction of sp³-hybridized carbons (Fsp3) is 0.250. The van der Waals surface area contributed by atoms with Gasteiger partial charge in [-0.25, -0.2) is 0 Å². The van der Waals surface area contributed by atoms with Crippen molar-refractivity contribution in [1.29, 1.82) is 0 Å². The van der Waals surface area contributed by atoms with E-state index >= 15 is 0 Å². The van der Waals surface area contributed by atoms with Crippen LogP contribution >= 0.6 is 0 Å². The molecule has 118 valence electrons. The van der Waals surface area contributed by atoms with Crippen molar-refractivity contribution in [2.75, 3.05) is 0 Å². The number of carboxylic acid groups (broad SMARTS) is 1. The van der Waals surface area contributed by atoms with Crippen molar-refractivity contribution in [3.63, 3.8) is 0 Å². The topological polar surface area (TPSA) is 53.1 Å². The van der Waals surface area contributed by atoms with Crippen LogP contribution in [0, 0.1) is 0 Å². The molecule has 1 aromatic heterocycles. The molecule has 0 amide bonds. The summed E-state index contributed by atoms with van der Waals surface area (Å²) in [4.78, 5) is 14.8. The SMILES string of the molecule is CCC(C)c1ccc2[nH]c(-c3ccccc3)c(CC(=O)O)c2c1. The Hall–Kier alpha value is -2.55. The lowest BCUT2D eigenvalue weighted by Gasteiger charge is -2.09. The van der Waals surface area contributed by atoms with Crippen LogP contribution in [0.3, 0.4) is 0 Å². The molecule has 0 aliphatic carbocycles. The molecule has 0 radical (unpaired) electrons. The predicted molar refractivity (Wildman–Crippen MR) is 93.8 cm³/mol. The van der Waals surface area contributed by atoms with Crippen molar-refractivity contribution in [1.82, 2.24) is 4.98 Å². The lowest BCUT2D eigenvalue weighted by atomic mass is 9.95. The Bertz CT molecular complexity index is 833. The van der Waals surface area contributed by atoms with Gasteiger partial charge in [0.1, 0.15) is 0 Å². The van der Waals surface area contributed by atoms with Gasteiger partial charge in [-0.3, -0.25) is 4.79 Å². The summed E-state index contributed by atoms with van der Waals surface area (Å²) in [7, 11) is 0. The van der Waals surface area contributed by atoms with Gasteiger partial charge >= 0.3 is 5.97 Å². The van der Waals surface area contributed by atoms with Gasteiger partial charge in [-0.05, 0) is 41.2 Å². The highest BCUT2D eigenvalue weighted by molar-refractivity contribution is 5.94. The summed E-state index contributed by atoms with van der Waals surface area (Å²) in [5, 5.41) is 10.3. The van der Waals surface area contributed by atoms with E-state index in [1.165, 1.54) is 5.56 Å². The number of aromatic nitrogens is 1. The van der Waals surface area contributed by atoms with Gasteiger partial charge in [0.25, 0.3) is 0 Å². The number of H-pyrrole nitrogens is 1. The minimum atomic E-state index is -0.808. The van der Waals surface area contributed by atoms with Gasteiger partial charge in [0.05, 0.1) is 12.1 Å². The quantitative estimate of drug-likeness (QED) is 0.698. The van der Waals surface area contributed by atoms with E-state index in [0.29, 0.717) is 5.92 Å². The maximum atomic E-state index is 11.4. The minimum Gasteiger partial charge on any atom is -0.481 e. The maximum absolute atomic E-state index is 11.4. The largest absolute Gasteiger partial charge is 0.481 e. The second-order valence-corrected chi connectivity index (χ2v) is 6.03. The molecule has 0 saturated carbocycles. The summed E-state index contributed by atoms with van der Waals surface area (Å²) in [6.07, 6.45) is 1.09. The molecule has 1 unspecified atom stereocenters. The van der Waals surface area contributed by atoms with Crippen molar-refractivity contribution in [2.24, 2.45) is 0 Å². The van der Waals surface area contributed by atoms with Crippen LogP contribution in [-0.2, 0) is 11.2 Å². The Balaban J connectivity index is 2.22. The highest BCUT2D eigenvalue weighted by Gasteiger charge is 2.17. The van der Waals surface area contributed by atoms with Gasteiger partial charge in [0.15, 0.2) is 0 Å². The molecule has 0 fully saturated rings. The molecule has 2 aromatic carbocycles. The van der Waals surface area contributed by atoms with Crippen molar-refractivity contribution >= 4 is 16.9 Å². The van der Waals surface area contributed by atoms with Crippen molar-refractivity contribution < 1.29 is 9.90 Å². The number of carboxylic acids is 1. The number of hydrogen-bond acceptors (Lipinski definition) is 1. The molecular formula is C20H21NO2. The number of hydrogen-bond donors (Lipinski definition) is 2. The molecule has 1 atom stereocenters. The van der Waals surface area contributed by atoms with Crippen LogP contribution in [0.25, 0.3) is 22.2 Å². The third-order valence-corrected chi connectivity index (χ3v) is 4.50. The highest BCUT2D eigenvalue weighted by atomic mass is 16.4. The molecule has 0 bridgehead atoms. The standard InChI is InChI=1S/C20H21NO2/c1-3-13(2)15-9-10-18-16(11-15)17(12-19(22)23)20(21-18)14-7-5-4-6-8-14/h4-11,13,21H,3,12H2,1-2H3,(H,22,23). The first-order chi connectivity index (χ1) is 11.1. The van der Waals surface area contributed by atoms with Gasteiger partial charge in [-0.15, -0.1) is 0 Å². The fourth-order valence-electron chi connectivity index (χ4n) is 2.99. The molecular weight excluding hydrogens is 286 g/mol.